The van der Waals surface area contributed by atoms with Gasteiger partial charge in [0, 0.05) is 18.8 Å². The third kappa shape index (κ3) is 5.03. The van der Waals surface area contributed by atoms with Gasteiger partial charge in [0.05, 0.1) is 6.61 Å². The number of nitrogens with zero attached hydrogens (tertiary/aromatic N) is 2. The monoisotopic (exact) mass is 314 g/mol. The number of nitrogens with one attached hydrogen (secondary N) is 2. The predicted molar refractivity (Wildman–Crippen MR) is 78.1 cm³/mol. The molecular formula is C12H18N4O4S. The quantitative estimate of drug-likeness (QED) is 0.630. The lowest BCUT2D eigenvalue weighted by Crippen LogP contribution is -2.50. The molecule has 9 heteroatoms. The minimum Gasteiger partial charge on any atom is -0.461 e. The number of carbonyl (C=O) groups is 3. The Hall–Kier alpha value is -2.16. The van der Waals surface area contributed by atoms with E-state index in [1.807, 2.05) is 6.92 Å². The molecule has 0 saturated carbocycles. The van der Waals surface area contributed by atoms with Crippen LogP contribution in [0.3, 0.4) is 0 Å². The van der Waals surface area contributed by atoms with Crippen molar-refractivity contribution in [3.8, 4) is 0 Å². The summed E-state index contributed by atoms with van der Waals surface area (Å²) in [5.41, 5.74) is 2.46. The van der Waals surface area contributed by atoms with Crippen LogP contribution in [0.2, 0.25) is 0 Å². The lowest BCUT2D eigenvalue weighted by molar-refractivity contribution is -0.119. The zero-order valence-corrected chi connectivity index (χ0v) is 13.0. The first-order valence-electron chi connectivity index (χ1n) is 6.47. The summed E-state index contributed by atoms with van der Waals surface area (Å²) in [7, 11) is 0. The van der Waals surface area contributed by atoms with Gasteiger partial charge in [-0.2, -0.15) is 5.01 Å². The van der Waals surface area contributed by atoms with E-state index in [9.17, 15) is 14.4 Å². The summed E-state index contributed by atoms with van der Waals surface area (Å²) in [5, 5.41) is 5.25. The first kappa shape index (κ1) is 16.9. The molecule has 0 unspecified atom stereocenters. The minimum absolute atomic E-state index is 0.0930. The molecule has 1 aromatic rings. The van der Waals surface area contributed by atoms with Crippen LogP contribution in [0.1, 0.15) is 37.7 Å². The lowest BCUT2D eigenvalue weighted by Gasteiger charge is -2.19. The van der Waals surface area contributed by atoms with Crippen molar-refractivity contribution in [3.63, 3.8) is 0 Å². The normalized spacial score (nSPS) is 9.86. The fraction of sp³-hybridized carbons (Fsp3) is 0.500. The smallest absolute Gasteiger partial charge is 0.357 e. The van der Waals surface area contributed by atoms with Crippen molar-refractivity contribution in [3.05, 3.63) is 11.1 Å². The van der Waals surface area contributed by atoms with Crippen LogP contribution in [0.25, 0.3) is 0 Å². The maximum atomic E-state index is 12.0. The molecule has 0 atom stereocenters. The summed E-state index contributed by atoms with van der Waals surface area (Å²) in [6.45, 7) is 5.57. The van der Waals surface area contributed by atoms with Gasteiger partial charge in [-0.3, -0.25) is 10.2 Å². The molecule has 116 valence electrons. The van der Waals surface area contributed by atoms with E-state index >= 15 is 0 Å². The van der Waals surface area contributed by atoms with Crippen molar-refractivity contribution in [2.75, 3.05) is 18.2 Å². The van der Waals surface area contributed by atoms with Crippen molar-refractivity contribution < 1.29 is 19.1 Å². The zero-order chi connectivity index (χ0) is 15.8. The van der Waals surface area contributed by atoms with Crippen molar-refractivity contribution >= 4 is 34.4 Å². The summed E-state index contributed by atoms with van der Waals surface area (Å²) in [6, 6.07) is -0.517. The minimum atomic E-state index is -0.572. The lowest BCUT2D eigenvalue weighted by atomic mass is 10.5. The third-order valence-electron chi connectivity index (χ3n) is 2.17. The Morgan fingerprint density at radius 1 is 1.38 bits per heavy atom. The summed E-state index contributed by atoms with van der Waals surface area (Å²) >= 11 is 1.05. The Balaban J connectivity index is 2.90. The predicted octanol–water partition coefficient (Wildman–Crippen LogP) is 1.30. The maximum absolute atomic E-state index is 12.0. The number of rotatable bonds is 5. The van der Waals surface area contributed by atoms with Crippen LogP contribution in [0, 0.1) is 0 Å². The highest BCUT2D eigenvalue weighted by Crippen LogP contribution is 2.20. The van der Waals surface area contributed by atoms with Crippen LogP contribution in [-0.4, -0.2) is 36.0 Å². The third-order valence-corrected chi connectivity index (χ3v) is 2.99. The number of esters is 1. The first-order chi connectivity index (χ1) is 9.99. The number of carbonyl (C=O) groups excluding carboxylic acids is 3. The van der Waals surface area contributed by atoms with Crippen LogP contribution in [0.4, 0.5) is 9.93 Å². The van der Waals surface area contributed by atoms with Gasteiger partial charge in [-0.15, -0.1) is 11.3 Å². The molecule has 0 fully saturated rings. The van der Waals surface area contributed by atoms with Gasteiger partial charge in [0.25, 0.3) is 0 Å². The molecule has 0 aliphatic carbocycles. The number of amides is 3. The molecule has 0 aromatic carbocycles. The van der Waals surface area contributed by atoms with Gasteiger partial charge in [0.2, 0.25) is 11.0 Å². The van der Waals surface area contributed by atoms with E-state index in [1.165, 1.54) is 12.3 Å². The molecule has 0 saturated heterocycles. The second-order valence-electron chi connectivity index (χ2n) is 3.97. The second-order valence-corrected chi connectivity index (χ2v) is 4.81. The number of hydrogen-bond donors (Lipinski definition) is 2. The number of anilines is 1. The van der Waals surface area contributed by atoms with Crippen LogP contribution in [-0.2, 0) is 9.53 Å². The summed E-state index contributed by atoms with van der Waals surface area (Å²) in [6.07, 6.45) is 0.756. The van der Waals surface area contributed by atoms with Crippen molar-refractivity contribution in [1.82, 2.24) is 15.7 Å². The van der Waals surface area contributed by atoms with Crippen molar-refractivity contribution in [2.24, 2.45) is 0 Å². The Bertz CT molecular complexity index is 517. The average Bonchev–Trinajstić information content (AvgIpc) is 2.91. The highest BCUT2D eigenvalue weighted by atomic mass is 32.1. The fourth-order valence-electron chi connectivity index (χ4n) is 1.32. The molecule has 21 heavy (non-hydrogen) atoms. The highest BCUT2D eigenvalue weighted by molar-refractivity contribution is 7.14. The maximum Gasteiger partial charge on any atom is 0.357 e. The molecule has 0 spiro atoms. The summed E-state index contributed by atoms with van der Waals surface area (Å²) < 4.78 is 4.83. The van der Waals surface area contributed by atoms with E-state index in [0.29, 0.717) is 6.54 Å². The van der Waals surface area contributed by atoms with Gasteiger partial charge in [0.1, 0.15) is 0 Å². The van der Waals surface area contributed by atoms with E-state index in [1.54, 1.807) is 6.92 Å². The molecule has 0 aliphatic rings. The molecule has 0 radical (unpaired) electrons. The van der Waals surface area contributed by atoms with Gasteiger partial charge in [0.15, 0.2) is 5.69 Å². The second kappa shape index (κ2) is 8.20. The van der Waals surface area contributed by atoms with Crippen LogP contribution < -0.4 is 15.8 Å². The Labute approximate surface area is 126 Å². The van der Waals surface area contributed by atoms with Crippen LogP contribution >= 0.6 is 11.3 Å². The molecule has 1 rings (SSSR count). The van der Waals surface area contributed by atoms with E-state index in [2.05, 4.69) is 15.7 Å². The molecule has 0 bridgehead atoms. The molecule has 3 amide bonds. The van der Waals surface area contributed by atoms with Crippen LogP contribution in [0.5, 0.6) is 0 Å². The van der Waals surface area contributed by atoms with Gasteiger partial charge < -0.3 is 10.1 Å². The number of aromatic nitrogens is 1. The zero-order valence-electron chi connectivity index (χ0n) is 12.1. The van der Waals surface area contributed by atoms with Crippen LogP contribution in [0.15, 0.2) is 5.38 Å². The Kier molecular flexibility index (Phi) is 6.60. The molecular weight excluding hydrogens is 296 g/mol. The number of ether oxygens (including phenoxy) is 1. The average molecular weight is 314 g/mol. The van der Waals surface area contributed by atoms with Gasteiger partial charge in [-0.25, -0.2) is 14.6 Å². The molecule has 1 aromatic heterocycles. The number of hydrazine groups is 1. The Morgan fingerprint density at radius 2 is 2.10 bits per heavy atom. The summed E-state index contributed by atoms with van der Waals surface area (Å²) in [4.78, 5) is 38.8. The molecule has 1 heterocycles. The van der Waals surface area contributed by atoms with E-state index in [4.69, 9.17) is 4.74 Å². The van der Waals surface area contributed by atoms with Gasteiger partial charge in [-0.1, -0.05) is 6.92 Å². The summed E-state index contributed by atoms with van der Waals surface area (Å²) in [5.74, 6) is -0.994. The highest BCUT2D eigenvalue weighted by Gasteiger charge is 2.22. The molecule has 0 aliphatic heterocycles. The first-order valence-corrected chi connectivity index (χ1v) is 7.35. The molecule has 8 nitrogen and oxygen atoms in total. The van der Waals surface area contributed by atoms with E-state index in [-0.39, 0.29) is 17.4 Å². The van der Waals surface area contributed by atoms with Crippen molar-refractivity contribution in [1.29, 1.82) is 0 Å². The van der Waals surface area contributed by atoms with E-state index in [0.717, 1.165) is 22.8 Å². The fourth-order valence-corrected chi connectivity index (χ4v) is 2.07. The van der Waals surface area contributed by atoms with E-state index < -0.39 is 17.9 Å². The largest absolute Gasteiger partial charge is 0.461 e. The Morgan fingerprint density at radius 3 is 2.67 bits per heavy atom. The molecule has 2 N–H and O–H groups in total. The standard InChI is InChI=1S/C12H18N4O4S/c1-4-6-13-11(19)16(15-8(3)17)12-14-9(7-21-12)10(18)20-5-2/h7H,4-6H2,1-3H3,(H,13,19)(H,15,17). The topological polar surface area (TPSA) is 101 Å². The number of thiazole rings is 1. The van der Waals surface area contributed by atoms with Gasteiger partial charge >= 0.3 is 12.0 Å². The number of urea groups is 1. The van der Waals surface area contributed by atoms with Crippen molar-refractivity contribution in [2.45, 2.75) is 27.2 Å². The SMILES string of the molecule is CCCNC(=O)N(NC(C)=O)c1nc(C(=O)OCC)cs1. The van der Waals surface area contributed by atoms with Gasteiger partial charge in [-0.05, 0) is 13.3 Å². The number of hydrogen-bond acceptors (Lipinski definition) is 6.